The number of oxime groups is 1. The van der Waals surface area contributed by atoms with Gasteiger partial charge in [-0.1, -0.05) is 21.1 Å². The van der Waals surface area contributed by atoms with E-state index in [0.717, 1.165) is 11.3 Å². The van der Waals surface area contributed by atoms with Gasteiger partial charge >= 0.3 is 0 Å². The lowest BCUT2D eigenvalue weighted by molar-refractivity contribution is 0.102. The Hall–Kier alpha value is -0.610. The van der Waals surface area contributed by atoms with Crippen molar-refractivity contribution >= 4 is 33.2 Å². The van der Waals surface area contributed by atoms with Crippen LogP contribution in [0.15, 0.2) is 27.8 Å². The molecule has 2 rings (SSSR count). The van der Waals surface area contributed by atoms with Crippen LogP contribution in [-0.2, 0) is 4.84 Å². The van der Waals surface area contributed by atoms with Crippen molar-refractivity contribution in [1.82, 2.24) is 0 Å². The summed E-state index contributed by atoms with van der Waals surface area (Å²) in [7, 11) is 0. The molecule has 5 heteroatoms. The van der Waals surface area contributed by atoms with E-state index in [1.54, 1.807) is 6.07 Å². The Balaban J connectivity index is 2.24. The quantitative estimate of drug-likeness (QED) is 0.766. The Labute approximate surface area is 100 Å². The number of alkyl halides is 1. The lowest BCUT2D eigenvalue weighted by Crippen LogP contribution is -2.10. The summed E-state index contributed by atoms with van der Waals surface area (Å²) in [6.45, 7) is 0. The molecule has 0 fully saturated rings. The smallest absolute Gasteiger partial charge is 0.146 e. The standard InChI is InChI=1S/C10H8BrClFNO/c11-9-3-6(13)1-2-8(9)10-4-7(5-12)15-14-10/h1-3,7H,4-5H2. The van der Waals surface area contributed by atoms with Crippen molar-refractivity contribution in [1.29, 1.82) is 0 Å². The maximum absolute atomic E-state index is 12.9. The second-order valence-electron chi connectivity index (χ2n) is 3.25. The molecular formula is C10H8BrClFNO. The van der Waals surface area contributed by atoms with E-state index in [1.165, 1.54) is 12.1 Å². The molecule has 0 spiro atoms. The van der Waals surface area contributed by atoms with Crippen LogP contribution in [0.3, 0.4) is 0 Å². The van der Waals surface area contributed by atoms with Gasteiger partial charge in [0.25, 0.3) is 0 Å². The molecule has 0 N–H and O–H groups in total. The number of halogens is 3. The third-order valence-electron chi connectivity index (χ3n) is 2.15. The van der Waals surface area contributed by atoms with Crippen molar-refractivity contribution in [2.24, 2.45) is 5.16 Å². The van der Waals surface area contributed by atoms with Crippen LogP contribution in [0.4, 0.5) is 4.39 Å². The number of benzene rings is 1. The van der Waals surface area contributed by atoms with E-state index in [9.17, 15) is 4.39 Å². The molecule has 0 aliphatic carbocycles. The zero-order valence-corrected chi connectivity index (χ0v) is 10.1. The highest BCUT2D eigenvalue weighted by Gasteiger charge is 2.22. The van der Waals surface area contributed by atoms with Crippen molar-refractivity contribution in [3.63, 3.8) is 0 Å². The summed E-state index contributed by atoms with van der Waals surface area (Å²) in [4.78, 5) is 5.10. The van der Waals surface area contributed by atoms with Gasteiger partial charge in [0.2, 0.25) is 0 Å². The number of hydrogen-bond donors (Lipinski definition) is 0. The van der Waals surface area contributed by atoms with Crippen molar-refractivity contribution in [2.75, 3.05) is 5.88 Å². The zero-order chi connectivity index (χ0) is 10.8. The zero-order valence-electron chi connectivity index (χ0n) is 7.71. The molecular weight excluding hydrogens is 284 g/mol. The SMILES string of the molecule is Fc1ccc(C2=NOC(CCl)C2)c(Br)c1. The highest BCUT2D eigenvalue weighted by molar-refractivity contribution is 9.10. The fourth-order valence-corrected chi connectivity index (χ4v) is 2.14. The monoisotopic (exact) mass is 291 g/mol. The average Bonchev–Trinajstić information content (AvgIpc) is 2.66. The van der Waals surface area contributed by atoms with Crippen molar-refractivity contribution in [2.45, 2.75) is 12.5 Å². The van der Waals surface area contributed by atoms with Gasteiger partial charge in [-0.3, -0.25) is 0 Å². The Morgan fingerprint density at radius 2 is 2.40 bits per heavy atom. The Morgan fingerprint density at radius 3 is 3.00 bits per heavy atom. The predicted molar refractivity (Wildman–Crippen MR) is 60.8 cm³/mol. The molecule has 0 amide bonds. The first-order valence-corrected chi connectivity index (χ1v) is 5.77. The highest BCUT2D eigenvalue weighted by atomic mass is 79.9. The highest BCUT2D eigenvalue weighted by Crippen LogP contribution is 2.24. The van der Waals surface area contributed by atoms with Gasteiger partial charge in [-0.2, -0.15) is 0 Å². The molecule has 0 saturated heterocycles. The number of hydrogen-bond acceptors (Lipinski definition) is 2. The summed E-state index contributed by atoms with van der Waals surface area (Å²) in [6, 6.07) is 4.49. The second-order valence-corrected chi connectivity index (χ2v) is 4.41. The van der Waals surface area contributed by atoms with Gasteiger partial charge < -0.3 is 4.84 Å². The first-order chi connectivity index (χ1) is 7.20. The fraction of sp³-hybridized carbons (Fsp3) is 0.300. The van der Waals surface area contributed by atoms with Gasteiger partial charge in [0.1, 0.15) is 11.9 Å². The van der Waals surface area contributed by atoms with Crippen LogP contribution in [0.1, 0.15) is 12.0 Å². The lowest BCUT2D eigenvalue weighted by Gasteiger charge is -2.03. The van der Waals surface area contributed by atoms with Crippen LogP contribution < -0.4 is 0 Å². The fourth-order valence-electron chi connectivity index (χ4n) is 1.39. The third-order valence-corrected chi connectivity index (χ3v) is 3.15. The third kappa shape index (κ3) is 2.32. The Bertz CT molecular complexity index is 410. The van der Waals surface area contributed by atoms with E-state index in [-0.39, 0.29) is 11.9 Å². The van der Waals surface area contributed by atoms with Crippen molar-refractivity contribution < 1.29 is 9.23 Å². The molecule has 1 atom stereocenters. The van der Waals surface area contributed by atoms with E-state index in [1.807, 2.05) is 0 Å². The average molecular weight is 293 g/mol. The van der Waals surface area contributed by atoms with E-state index < -0.39 is 0 Å². The first kappa shape index (κ1) is 10.9. The molecule has 0 bridgehead atoms. The van der Waals surface area contributed by atoms with Gasteiger partial charge in [0.05, 0.1) is 11.6 Å². The molecule has 2 nitrogen and oxygen atoms in total. The maximum atomic E-state index is 12.9. The van der Waals surface area contributed by atoms with E-state index in [2.05, 4.69) is 21.1 Å². The second kappa shape index (κ2) is 4.49. The molecule has 0 radical (unpaired) electrons. The molecule has 0 saturated carbocycles. The summed E-state index contributed by atoms with van der Waals surface area (Å²) in [5, 5.41) is 3.93. The van der Waals surface area contributed by atoms with Crippen LogP contribution in [0.25, 0.3) is 0 Å². The molecule has 1 aliphatic rings. The van der Waals surface area contributed by atoms with Gasteiger partial charge in [-0.05, 0) is 18.2 Å². The van der Waals surface area contributed by atoms with Crippen LogP contribution in [-0.4, -0.2) is 17.7 Å². The molecule has 1 heterocycles. The Morgan fingerprint density at radius 1 is 1.60 bits per heavy atom. The van der Waals surface area contributed by atoms with Gasteiger partial charge in [0.15, 0.2) is 0 Å². The van der Waals surface area contributed by atoms with Gasteiger partial charge in [0, 0.05) is 16.5 Å². The van der Waals surface area contributed by atoms with Crippen LogP contribution in [0.5, 0.6) is 0 Å². The normalized spacial score (nSPS) is 19.9. The van der Waals surface area contributed by atoms with Crippen LogP contribution >= 0.6 is 27.5 Å². The Kier molecular flexibility index (Phi) is 3.26. The van der Waals surface area contributed by atoms with E-state index in [4.69, 9.17) is 16.4 Å². The topological polar surface area (TPSA) is 21.6 Å². The molecule has 15 heavy (non-hydrogen) atoms. The van der Waals surface area contributed by atoms with Crippen LogP contribution in [0, 0.1) is 5.82 Å². The molecule has 80 valence electrons. The first-order valence-electron chi connectivity index (χ1n) is 4.45. The summed E-state index contributed by atoms with van der Waals surface area (Å²) in [5.74, 6) is 0.130. The predicted octanol–water partition coefficient (Wildman–Crippen LogP) is 3.32. The van der Waals surface area contributed by atoms with E-state index in [0.29, 0.717) is 16.8 Å². The summed E-state index contributed by atoms with van der Waals surface area (Å²) >= 11 is 8.95. The molecule has 1 aromatic rings. The molecule has 0 aromatic heterocycles. The maximum Gasteiger partial charge on any atom is 0.146 e. The largest absolute Gasteiger partial charge is 0.391 e. The number of nitrogens with zero attached hydrogens (tertiary/aromatic N) is 1. The van der Waals surface area contributed by atoms with Gasteiger partial charge in [-0.25, -0.2) is 4.39 Å². The lowest BCUT2D eigenvalue weighted by atomic mass is 10.1. The van der Waals surface area contributed by atoms with E-state index >= 15 is 0 Å². The molecule has 1 aliphatic heterocycles. The molecule has 1 aromatic carbocycles. The molecule has 1 unspecified atom stereocenters. The van der Waals surface area contributed by atoms with Crippen molar-refractivity contribution in [3.8, 4) is 0 Å². The van der Waals surface area contributed by atoms with Gasteiger partial charge in [-0.15, -0.1) is 11.6 Å². The van der Waals surface area contributed by atoms with Crippen LogP contribution in [0.2, 0.25) is 0 Å². The minimum atomic E-state index is -0.279. The number of rotatable bonds is 2. The minimum Gasteiger partial charge on any atom is -0.391 e. The summed E-state index contributed by atoms with van der Waals surface area (Å²) in [6.07, 6.45) is 0.590. The minimum absolute atomic E-state index is 0.0707. The van der Waals surface area contributed by atoms with Crippen molar-refractivity contribution in [3.05, 3.63) is 34.1 Å². The summed E-state index contributed by atoms with van der Waals surface area (Å²) < 4.78 is 13.5. The summed E-state index contributed by atoms with van der Waals surface area (Å²) in [5.41, 5.74) is 1.65.